The van der Waals surface area contributed by atoms with E-state index in [1.54, 1.807) is 0 Å². The minimum absolute atomic E-state index is 0.0951. The molecule has 0 bridgehead atoms. The second kappa shape index (κ2) is 5.32. The first-order valence-electron chi connectivity index (χ1n) is 8.59. The number of hydrogen-bond acceptors (Lipinski definition) is 2. The van der Waals surface area contributed by atoms with Crippen LogP contribution in [0, 0.1) is 17.3 Å². The molecule has 2 N–H and O–H groups in total. The number of aryl methyl sites for hydroxylation is 1. The van der Waals surface area contributed by atoms with Crippen LogP contribution < -0.4 is 0 Å². The molecule has 0 spiro atoms. The lowest BCUT2D eigenvalue weighted by Gasteiger charge is -2.50. The van der Waals surface area contributed by atoms with Crippen molar-refractivity contribution >= 4 is 15.9 Å². The van der Waals surface area contributed by atoms with Gasteiger partial charge in [-0.1, -0.05) is 41.1 Å². The van der Waals surface area contributed by atoms with Gasteiger partial charge in [0.05, 0.1) is 12.7 Å². The first-order chi connectivity index (χ1) is 10.5. The Labute approximate surface area is 141 Å². The maximum atomic E-state index is 10.6. The molecule has 1 aromatic rings. The fraction of sp³-hybridized carbons (Fsp3) is 0.684. The Morgan fingerprint density at radius 1 is 1.32 bits per heavy atom. The van der Waals surface area contributed by atoms with Crippen molar-refractivity contribution in [3.8, 4) is 0 Å². The van der Waals surface area contributed by atoms with Gasteiger partial charge in [-0.15, -0.1) is 0 Å². The standard InChI is InChI=1S/C19H25BrO2/c1-19-7-6-14-13-4-2-11(10-21)8-12(13)3-5-15(14)16(19)9-17(20)18(19)22/h2,4,8,14-18,21-22H,3,5-7,9-10H2,1H3/t14?,15?,16?,17-,18-,19+/m0/s1. The van der Waals surface area contributed by atoms with E-state index in [1.165, 1.54) is 24.0 Å². The van der Waals surface area contributed by atoms with E-state index in [2.05, 4.69) is 41.1 Å². The topological polar surface area (TPSA) is 40.5 Å². The van der Waals surface area contributed by atoms with E-state index in [-0.39, 0.29) is 23.0 Å². The number of aliphatic hydroxyl groups excluding tert-OH is 2. The first kappa shape index (κ1) is 15.2. The van der Waals surface area contributed by atoms with Gasteiger partial charge in [-0.25, -0.2) is 0 Å². The van der Waals surface area contributed by atoms with Crippen LogP contribution in [0.4, 0.5) is 0 Å². The second-order valence-electron chi connectivity index (χ2n) is 7.85. The highest BCUT2D eigenvalue weighted by molar-refractivity contribution is 9.09. The molecule has 120 valence electrons. The average molecular weight is 365 g/mol. The molecular formula is C19H25BrO2. The Morgan fingerprint density at radius 2 is 2.14 bits per heavy atom. The van der Waals surface area contributed by atoms with Crippen molar-refractivity contribution in [3.05, 3.63) is 34.9 Å². The molecule has 0 radical (unpaired) electrons. The number of alkyl halides is 1. The summed E-state index contributed by atoms with van der Waals surface area (Å²) >= 11 is 3.72. The summed E-state index contributed by atoms with van der Waals surface area (Å²) in [6, 6.07) is 6.55. The fourth-order valence-corrected chi connectivity index (χ4v) is 6.68. The van der Waals surface area contributed by atoms with Gasteiger partial charge in [0, 0.05) is 4.83 Å². The minimum atomic E-state index is -0.198. The molecule has 3 heteroatoms. The molecular weight excluding hydrogens is 340 g/mol. The number of hydrogen-bond donors (Lipinski definition) is 2. The van der Waals surface area contributed by atoms with Crippen LogP contribution in [0.1, 0.15) is 55.2 Å². The van der Waals surface area contributed by atoms with E-state index in [4.69, 9.17) is 0 Å². The maximum absolute atomic E-state index is 10.6. The van der Waals surface area contributed by atoms with Crippen molar-refractivity contribution in [2.24, 2.45) is 17.3 Å². The molecule has 3 aliphatic carbocycles. The van der Waals surface area contributed by atoms with Gasteiger partial charge in [0.2, 0.25) is 0 Å². The van der Waals surface area contributed by atoms with Crippen molar-refractivity contribution in [1.82, 2.24) is 0 Å². The van der Waals surface area contributed by atoms with Crippen LogP contribution in [0.3, 0.4) is 0 Å². The normalized spacial score (nSPS) is 43.4. The number of halogens is 1. The van der Waals surface area contributed by atoms with Crippen molar-refractivity contribution < 1.29 is 10.2 Å². The smallest absolute Gasteiger partial charge is 0.0721 e. The number of benzene rings is 1. The quantitative estimate of drug-likeness (QED) is 0.744. The molecule has 3 aliphatic rings. The van der Waals surface area contributed by atoms with E-state index < -0.39 is 0 Å². The van der Waals surface area contributed by atoms with Gasteiger partial charge < -0.3 is 10.2 Å². The van der Waals surface area contributed by atoms with Gasteiger partial charge in [0.1, 0.15) is 0 Å². The third-order valence-corrected chi connectivity index (χ3v) is 7.78. The molecule has 0 amide bonds. The van der Waals surface area contributed by atoms with Crippen LogP contribution in [-0.4, -0.2) is 21.1 Å². The minimum Gasteiger partial charge on any atom is -0.392 e. The molecule has 0 aromatic heterocycles. The van der Waals surface area contributed by atoms with Crippen LogP contribution in [-0.2, 0) is 13.0 Å². The van der Waals surface area contributed by atoms with Crippen LogP contribution in [0.25, 0.3) is 0 Å². The van der Waals surface area contributed by atoms with Crippen molar-refractivity contribution in [2.75, 3.05) is 0 Å². The summed E-state index contributed by atoms with van der Waals surface area (Å²) in [4.78, 5) is 0.263. The third-order valence-electron chi connectivity index (χ3n) is 6.91. The molecule has 22 heavy (non-hydrogen) atoms. The van der Waals surface area contributed by atoms with Gasteiger partial charge in [0.15, 0.2) is 0 Å². The average Bonchev–Trinajstić information content (AvgIpc) is 2.77. The zero-order valence-corrected chi connectivity index (χ0v) is 14.7. The molecule has 2 nitrogen and oxygen atoms in total. The van der Waals surface area contributed by atoms with E-state index in [1.807, 2.05) is 0 Å². The SMILES string of the molecule is C[C@@]12CCC3c4ccc(CO)cc4CCC3C1C[C@H](Br)[C@@H]2O. The largest absolute Gasteiger partial charge is 0.392 e. The number of fused-ring (bicyclic) bond motifs is 5. The van der Waals surface area contributed by atoms with Crippen molar-refractivity contribution in [2.45, 2.75) is 62.5 Å². The molecule has 6 atom stereocenters. The lowest BCUT2D eigenvalue weighted by Crippen LogP contribution is -2.44. The van der Waals surface area contributed by atoms with Crippen LogP contribution in [0.15, 0.2) is 18.2 Å². The summed E-state index contributed by atoms with van der Waals surface area (Å²) in [7, 11) is 0. The predicted octanol–water partition coefficient (Wildman–Crippen LogP) is 3.77. The zero-order valence-electron chi connectivity index (χ0n) is 13.1. The zero-order chi connectivity index (χ0) is 15.5. The Hall–Kier alpha value is -0.380. The summed E-state index contributed by atoms with van der Waals surface area (Å²) in [6.07, 6.45) is 5.60. The van der Waals surface area contributed by atoms with E-state index in [9.17, 15) is 10.2 Å². The van der Waals surface area contributed by atoms with Gasteiger partial charge in [-0.3, -0.25) is 0 Å². The van der Waals surface area contributed by atoms with E-state index >= 15 is 0 Å². The molecule has 2 fully saturated rings. The lowest BCUT2D eigenvalue weighted by molar-refractivity contribution is -0.0213. The number of rotatable bonds is 1. The number of aliphatic hydroxyl groups is 2. The summed E-state index contributed by atoms with van der Waals surface area (Å²) < 4.78 is 0. The molecule has 0 heterocycles. The molecule has 2 saturated carbocycles. The molecule has 4 rings (SSSR count). The Bertz CT molecular complexity index is 587. The van der Waals surface area contributed by atoms with Gasteiger partial charge in [-0.2, -0.15) is 0 Å². The molecule has 0 aliphatic heterocycles. The van der Waals surface area contributed by atoms with Gasteiger partial charge >= 0.3 is 0 Å². The van der Waals surface area contributed by atoms with Crippen molar-refractivity contribution in [1.29, 1.82) is 0 Å². The summed E-state index contributed by atoms with van der Waals surface area (Å²) in [5, 5.41) is 20.0. The lowest BCUT2D eigenvalue weighted by atomic mass is 9.55. The second-order valence-corrected chi connectivity index (χ2v) is 9.02. The Balaban J connectivity index is 1.69. The van der Waals surface area contributed by atoms with Crippen molar-refractivity contribution in [3.63, 3.8) is 0 Å². The van der Waals surface area contributed by atoms with Gasteiger partial charge in [-0.05, 0) is 72.0 Å². The summed E-state index contributed by atoms with van der Waals surface area (Å²) in [5.41, 5.74) is 4.10. The summed E-state index contributed by atoms with van der Waals surface area (Å²) in [6.45, 7) is 2.45. The highest BCUT2D eigenvalue weighted by Gasteiger charge is 2.57. The summed E-state index contributed by atoms with van der Waals surface area (Å²) in [5.74, 6) is 2.00. The molecule has 3 unspecified atom stereocenters. The van der Waals surface area contributed by atoms with Crippen LogP contribution in [0.5, 0.6) is 0 Å². The Kier molecular flexibility index (Phi) is 3.67. The third kappa shape index (κ3) is 2.05. The maximum Gasteiger partial charge on any atom is 0.0721 e. The van der Waals surface area contributed by atoms with Gasteiger partial charge in [0.25, 0.3) is 0 Å². The van der Waals surface area contributed by atoms with E-state index in [0.717, 1.165) is 24.8 Å². The monoisotopic (exact) mass is 364 g/mol. The predicted molar refractivity (Wildman–Crippen MR) is 91.1 cm³/mol. The fourth-order valence-electron chi connectivity index (χ4n) is 5.68. The highest BCUT2D eigenvalue weighted by Crippen LogP contribution is 2.61. The molecule has 0 saturated heterocycles. The van der Waals surface area contributed by atoms with Crippen LogP contribution in [0.2, 0.25) is 0 Å². The van der Waals surface area contributed by atoms with E-state index in [0.29, 0.717) is 17.8 Å². The Morgan fingerprint density at radius 3 is 2.91 bits per heavy atom. The first-order valence-corrected chi connectivity index (χ1v) is 9.51. The highest BCUT2D eigenvalue weighted by atomic mass is 79.9. The van der Waals surface area contributed by atoms with Crippen LogP contribution >= 0.6 is 15.9 Å². The molecule has 1 aromatic carbocycles.